The first-order valence-corrected chi connectivity index (χ1v) is 5.82. The first-order chi connectivity index (χ1) is 9.26. The number of carbonyl (C=O) groups excluding carboxylic acids is 1. The molecular formula is C14H18O5. The van der Waals surface area contributed by atoms with E-state index >= 15 is 0 Å². The summed E-state index contributed by atoms with van der Waals surface area (Å²) in [5.41, 5.74) is 0.887. The highest BCUT2D eigenvalue weighted by Gasteiger charge is 1.95. The third kappa shape index (κ3) is 6.59. The van der Waals surface area contributed by atoms with Crippen molar-refractivity contribution in [1.29, 1.82) is 0 Å². The Labute approximate surface area is 112 Å². The van der Waals surface area contributed by atoms with Crippen LogP contribution in [0.1, 0.15) is 5.56 Å². The van der Waals surface area contributed by atoms with Crippen LogP contribution >= 0.6 is 0 Å². The Hall–Kier alpha value is -1.85. The zero-order valence-corrected chi connectivity index (χ0v) is 11.1. The van der Waals surface area contributed by atoms with Crippen molar-refractivity contribution in [2.24, 2.45) is 0 Å². The van der Waals surface area contributed by atoms with E-state index < -0.39 is 0 Å². The zero-order valence-electron chi connectivity index (χ0n) is 11.1. The summed E-state index contributed by atoms with van der Waals surface area (Å²) in [5, 5.41) is 0. The van der Waals surface area contributed by atoms with E-state index in [4.69, 9.17) is 14.2 Å². The van der Waals surface area contributed by atoms with Gasteiger partial charge in [-0.2, -0.15) is 0 Å². The van der Waals surface area contributed by atoms with Gasteiger partial charge in [0.15, 0.2) is 6.79 Å². The molecule has 0 amide bonds. The van der Waals surface area contributed by atoms with Gasteiger partial charge in [-0.25, -0.2) is 4.79 Å². The summed E-state index contributed by atoms with van der Waals surface area (Å²) in [7, 11) is 2.96. The lowest BCUT2D eigenvalue weighted by Crippen LogP contribution is -2.07. The summed E-state index contributed by atoms with van der Waals surface area (Å²) in [4.78, 5) is 10.9. The predicted molar refractivity (Wildman–Crippen MR) is 70.8 cm³/mol. The second-order valence-corrected chi connectivity index (χ2v) is 3.59. The van der Waals surface area contributed by atoms with E-state index in [0.29, 0.717) is 19.0 Å². The Balaban J connectivity index is 2.35. The molecule has 0 unspecified atom stereocenters. The Kier molecular flexibility index (Phi) is 7.31. The molecule has 0 aliphatic rings. The van der Waals surface area contributed by atoms with Crippen LogP contribution in [0.15, 0.2) is 30.3 Å². The molecule has 0 aromatic heterocycles. The second kappa shape index (κ2) is 9.13. The molecule has 5 heteroatoms. The summed E-state index contributed by atoms with van der Waals surface area (Å²) >= 11 is 0. The molecule has 0 N–H and O–H groups in total. The van der Waals surface area contributed by atoms with Crippen LogP contribution in [-0.2, 0) is 19.0 Å². The van der Waals surface area contributed by atoms with E-state index in [2.05, 4.69) is 4.74 Å². The number of methoxy groups -OCH3 is 2. The van der Waals surface area contributed by atoms with Crippen LogP contribution in [-0.4, -0.2) is 40.2 Å². The number of benzene rings is 1. The molecule has 104 valence electrons. The topological polar surface area (TPSA) is 54.0 Å². The van der Waals surface area contributed by atoms with E-state index in [1.54, 1.807) is 25.3 Å². The van der Waals surface area contributed by atoms with Gasteiger partial charge in [-0.3, -0.25) is 0 Å². The van der Waals surface area contributed by atoms with E-state index in [-0.39, 0.29) is 12.8 Å². The summed E-state index contributed by atoms with van der Waals surface area (Å²) in [6, 6.07) is 7.28. The molecule has 1 aromatic carbocycles. The van der Waals surface area contributed by atoms with Gasteiger partial charge in [0.1, 0.15) is 5.75 Å². The Morgan fingerprint density at radius 2 is 1.89 bits per heavy atom. The largest absolute Gasteiger partial charge is 0.468 e. The molecule has 0 aliphatic heterocycles. The van der Waals surface area contributed by atoms with Crippen molar-refractivity contribution in [3.8, 4) is 5.75 Å². The van der Waals surface area contributed by atoms with Crippen LogP contribution < -0.4 is 4.74 Å². The quantitative estimate of drug-likeness (QED) is 0.311. The highest BCUT2D eigenvalue weighted by atomic mass is 16.7. The van der Waals surface area contributed by atoms with Crippen molar-refractivity contribution < 1.29 is 23.7 Å². The van der Waals surface area contributed by atoms with Crippen molar-refractivity contribution in [2.45, 2.75) is 0 Å². The number of hydrogen-bond acceptors (Lipinski definition) is 5. The van der Waals surface area contributed by atoms with Crippen LogP contribution in [0.4, 0.5) is 0 Å². The Bertz CT molecular complexity index is 397. The van der Waals surface area contributed by atoms with E-state index in [9.17, 15) is 4.79 Å². The van der Waals surface area contributed by atoms with Gasteiger partial charge in [0.2, 0.25) is 0 Å². The van der Waals surface area contributed by atoms with Gasteiger partial charge in [0, 0.05) is 13.2 Å². The molecule has 0 radical (unpaired) electrons. The van der Waals surface area contributed by atoms with Gasteiger partial charge in [0.05, 0.1) is 20.3 Å². The van der Waals surface area contributed by atoms with Crippen molar-refractivity contribution in [1.82, 2.24) is 0 Å². The maximum Gasteiger partial charge on any atom is 0.330 e. The van der Waals surface area contributed by atoms with Gasteiger partial charge < -0.3 is 18.9 Å². The van der Waals surface area contributed by atoms with Gasteiger partial charge >= 0.3 is 5.97 Å². The molecule has 0 saturated heterocycles. The van der Waals surface area contributed by atoms with Crippen molar-refractivity contribution in [2.75, 3.05) is 34.2 Å². The normalized spacial score (nSPS) is 10.6. The molecule has 0 aliphatic carbocycles. The smallest absolute Gasteiger partial charge is 0.330 e. The van der Waals surface area contributed by atoms with E-state index in [1.165, 1.54) is 13.2 Å². The molecule has 0 spiro atoms. The van der Waals surface area contributed by atoms with Gasteiger partial charge in [-0.05, 0) is 23.8 Å². The molecule has 1 rings (SSSR count). The molecular weight excluding hydrogens is 248 g/mol. The first kappa shape index (κ1) is 15.2. The Morgan fingerprint density at radius 1 is 1.16 bits per heavy atom. The lowest BCUT2D eigenvalue weighted by molar-refractivity contribution is -0.134. The van der Waals surface area contributed by atoms with Crippen molar-refractivity contribution in [3.63, 3.8) is 0 Å². The van der Waals surface area contributed by atoms with Crippen molar-refractivity contribution in [3.05, 3.63) is 35.9 Å². The monoisotopic (exact) mass is 266 g/mol. The van der Waals surface area contributed by atoms with E-state index in [0.717, 1.165) is 5.56 Å². The van der Waals surface area contributed by atoms with E-state index in [1.807, 2.05) is 12.1 Å². The first-order valence-electron chi connectivity index (χ1n) is 5.82. The zero-order chi connectivity index (χ0) is 13.9. The predicted octanol–water partition coefficient (Wildman–Crippen LogP) is 1.87. The third-order valence-corrected chi connectivity index (χ3v) is 2.23. The number of rotatable bonds is 8. The van der Waals surface area contributed by atoms with Crippen LogP contribution in [0.3, 0.4) is 0 Å². The molecule has 0 fully saturated rings. The van der Waals surface area contributed by atoms with Crippen LogP contribution in [0, 0.1) is 0 Å². The summed E-state index contributed by atoms with van der Waals surface area (Å²) in [5.74, 6) is 0.319. The van der Waals surface area contributed by atoms with Crippen LogP contribution in [0.25, 0.3) is 6.08 Å². The lowest BCUT2D eigenvalue weighted by Gasteiger charge is -2.06. The molecule has 0 atom stereocenters. The summed E-state index contributed by atoms with van der Waals surface area (Å²) < 4.78 is 19.9. The standard InChI is InChI=1S/C14H18O5/c1-16-9-10-18-11-19-13-6-3-12(4-7-13)5-8-14(15)17-2/h3-8H,9-11H2,1-2H3/b8-5+. The maximum absolute atomic E-state index is 10.9. The fourth-order valence-corrected chi connectivity index (χ4v) is 1.22. The molecule has 19 heavy (non-hydrogen) atoms. The fourth-order valence-electron chi connectivity index (χ4n) is 1.22. The SMILES string of the molecule is COCCOCOc1ccc(/C=C/C(=O)OC)cc1. The minimum atomic E-state index is -0.383. The average molecular weight is 266 g/mol. The van der Waals surface area contributed by atoms with Gasteiger partial charge in [-0.15, -0.1) is 0 Å². The summed E-state index contributed by atoms with van der Waals surface area (Å²) in [6.07, 6.45) is 3.04. The number of hydrogen-bond donors (Lipinski definition) is 0. The molecule has 1 aromatic rings. The highest BCUT2D eigenvalue weighted by Crippen LogP contribution is 2.13. The molecule has 0 bridgehead atoms. The molecule has 0 heterocycles. The molecule has 5 nitrogen and oxygen atoms in total. The maximum atomic E-state index is 10.9. The Morgan fingerprint density at radius 3 is 2.53 bits per heavy atom. The second-order valence-electron chi connectivity index (χ2n) is 3.59. The van der Waals surface area contributed by atoms with Crippen LogP contribution in [0.2, 0.25) is 0 Å². The van der Waals surface area contributed by atoms with Crippen molar-refractivity contribution >= 4 is 12.0 Å². The fraction of sp³-hybridized carbons (Fsp3) is 0.357. The number of ether oxygens (including phenoxy) is 4. The third-order valence-electron chi connectivity index (χ3n) is 2.23. The molecule has 0 saturated carbocycles. The van der Waals surface area contributed by atoms with Crippen LogP contribution in [0.5, 0.6) is 5.75 Å². The lowest BCUT2D eigenvalue weighted by atomic mass is 10.2. The average Bonchev–Trinajstić information content (AvgIpc) is 2.45. The highest BCUT2D eigenvalue weighted by molar-refractivity contribution is 5.86. The summed E-state index contributed by atoms with van der Waals surface area (Å²) in [6.45, 7) is 1.22. The van der Waals surface area contributed by atoms with Gasteiger partial charge in [0.25, 0.3) is 0 Å². The minimum Gasteiger partial charge on any atom is -0.468 e. The number of esters is 1. The number of carbonyl (C=O) groups is 1. The minimum absolute atomic E-state index is 0.181. The van der Waals surface area contributed by atoms with Gasteiger partial charge in [-0.1, -0.05) is 12.1 Å².